The lowest BCUT2D eigenvalue weighted by atomic mass is 9.77. The Balaban J connectivity index is 1.53. The van der Waals surface area contributed by atoms with Crippen LogP contribution in [0.4, 0.5) is 10.3 Å². The van der Waals surface area contributed by atoms with Crippen LogP contribution in [0.15, 0.2) is 96.1 Å². The van der Waals surface area contributed by atoms with Gasteiger partial charge >= 0.3 is 0 Å². The largest absolute Gasteiger partial charge is 0.497 e. The number of aromatic nitrogens is 4. The lowest BCUT2D eigenvalue weighted by Gasteiger charge is -2.37. The molecule has 1 aliphatic heterocycles. The third-order valence-electron chi connectivity index (χ3n) is 8.71. The monoisotopic (exact) mass is 601 g/mol. The van der Waals surface area contributed by atoms with E-state index in [9.17, 15) is 4.79 Å². The van der Waals surface area contributed by atoms with E-state index in [-0.39, 0.29) is 23.0 Å². The highest BCUT2D eigenvalue weighted by atomic mass is 35.5. The van der Waals surface area contributed by atoms with Crippen LogP contribution in [0.5, 0.6) is 5.75 Å². The van der Waals surface area contributed by atoms with E-state index in [2.05, 4.69) is 15.3 Å². The fourth-order valence-corrected chi connectivity index (χ4v) is 6.59. The summed E-state index contributed by atoms with van der Waals surface area (Å²) < 4.78 is 29.0. The van der Waals surface area contributed by atoms with Crippen LogP contribution in [-0.2, 0) is 10.3 Å². The number of H-pyrrole nitrogens is 1. The maximum atomic E-state index is 15.8. The van der Waals surface area contributed by atoms with E-state index in [1.165, 1.54) is 10.9 Å². The number of hydrogen-bond acceptors (Lipinski definition) is 6. The smallest absolute Gasteiger partial charge is 0.280 e. The molecule has 3 aromatic carbocycles. The molecular formula is C33H33ClFN5O3. The summed E-state index contributed by atoms with van der Waals surface area (Å²) >= 11 is 6.28. The van der Waals surface area contributed by atoms with Crippen LogP contribution in [0.2, 0.25) is 0 Å². The van der Waals surface area contributed by atoms with Crippen LogP contribution in [0.25, 0.3) is 11.2 Å². The second-order valence-electron chi connectivity index (χ2n) is 10.9. The Morgan fingerprint density at radius 3 is 2.19 bits per heavy atom. The summed E-state index contributed by atoms with van der Waals surface area (Å²) in [6, 6.07) is 27.6. The molecule has 1 fully saturated rings. The number of methoxy groups -OCH3 is 1. The molecule has 0 aliphatic carbocycles. The maximum absolute atomic E-state index is 15.8. The molecule has 0 radical (unpaired) electrons. The molecule has 5 aromatic rings. The number of fused-ring (bicyclic) bond motifs is 1. The van der Waals surface area contributed by atoms with E-state index in [4.69, 9.17) is 26.1 Å². The van der Waals surface area contributed by atoms with Gasteiger partial charge in [0.2, 0.25) is 5.95 Å². The first kappa shape index (κ1) is 28.9. The van der Waals surface area contributed by atoms with Crippen molar-refractivity contribution in [3.05, 3.63) is 118 Å². The molecule has 1 aliphatic rings. The van der Waals surface area contributed by atoms with Crippen molar-refractivity contribution in [2.24, 2.45) is 5.92 Å². The molecule has 0 unspecified atom stereocenters. The van der Waals surface area contributed by atoms with Crippen molar-refractivity contribution in [3.8, 4) is 5.75 Å². The maximum Gasteiger partial charge on any atom is 0.280 e. The van der Waals surface area contributed by atoms with Crippen molar-refractivity contribution >= 4 is 28.7 Å². The van der Waals surface area contributed by atoms with E-state index in [0.717, 1.165) is 16.7 Å². The molecule has 2 N–H and O–H groups in total. The van der Waals surface area contributed by atoms with Gasteiger partial charge in [0.1, 0.15) is 11.3 Å². The van der Waals surface area contributed by atoms with Gasteiger partial charge in [-0.1, -0.05) is 86.6 Å². The highest BCUT2D eigenvalue weighted by Gasteiger charge is 2.53. The Morgan fingerprint density at radius 1 is 1.05 bits per heavy atom. The predicted molar refractivity (Wildman–Crippen MR) is 165 cm³/mol. The molecule has 0 amide bonds. The van der Waals surface area contributed by atoms with Gasteiger partial charge in [-0.2, -0.15) is 4.98 Å². The quantitative estimate of drug-likeness (QED) is 0.150. The van der Waals surface area contributed by atoms with Gasteiger partial charge in [0.25, 0.3) is 5.56 Å². The van der Waals surface area contributed by atoms with Gasteiger partial charge in [0.15, 0.2) is 23.6 Å². The van der Waals surface area contributed by atoms with Gasteiger partial charge < -0.3 is 14.8 Å². The summed E-state index contributed by atoms with van der Waals surface area (Å²) in [5, 5.41) is 3.57. The van der Waals surface area contributed by atoms with Crippen LogP contribution in [0.1, 0.15) is 43.2 Å². The molecule has 10 heteroatoms. The molecule has 43 heavy (non-hydrogen) atoms. The van der Waals surface area contributed by atoms with Crippen molar-refractivity contribution in [1.82, 2.24) is 19.5 Å². The van der Waals surface area contributed by atoms with Crippen LogP contribution in [0, 0.1) is 5.92 Å². The first-order chi connectivity index (χ1) is 20.9. The van der Waals surface area contributed by atoms with Gasteiger partial charge in [-0.3, -0.25) is 14.3 Å². The van der Waals surface area contributed by atoms with Gasteiger partial charge in [0.05, 0.1) is 24.9 Å². The van der Waals surface area contributed by atoms with Crippen molar-refractivity contribution in [2.45, 2.75) is 43.8 Å². The zero-order valence-electron chi connectivity index (χ0n) is 24.1. The second-order valence-corrected chi connectivity index (χ2v) is 11.1. The minimum atomic E-state index is -1.37. The number of imidazole rings is 1. The zero-order chi connectivity index (χ0) is 30.2. The molecule has 3 heterocycles. The molecular weight excluding hydrogens is 569 g/mol. The number of benzene rings is 3. The van der Waals surface area contributed by atoms with E-state index in [1.54, 1.807) is 14.0 Å². The standard InChI is InChI=1S/C33H33ClFN5O3/c1-4-32(19-34)21(2)26(35)30(43-32)40-20-36-27-28(40)37-31(38-29(27)41)39-33(22-11-7-5-8-12-22,23-13-9-6-10-14-23)24-15-17-25(42-3)18-16-24/h5-18,20-21,26,30H,4,19H2,1-3H3,(H2,37,38,39,41)/t21-,26+,30+,32-/m0/s1. The molecule has 8 nitrogen and oxygen atoms in total. The molecule has 4 atom stereocenters. The minimum Gasteiger partial charge on any atom is -0.497 e. The SMILES string of the molecule is CC[C@@]1(CCl)O[C@@H](n2cnc3c(=O)[nH]c(NC(c4ccccc4)(c4ccccc4)c4ccc(OC)cc4)nc32)[C@H](F)[C@@H]1C. The number of alkyl halides is 2. The number of halogens is 2. The normalized spacial score (nSPS) is 22.1. The molecule has 222 valence electrons. The fraction of sp³-hybridized carbons (Fsp3) is 0.303. The number of anilines is 1. The van der Waals surface area contributed by atoms with Crippen molar-refractivity contribution in [1.29, 1.82) is 0 Å². The summed E-state index contributed by atoms with van der Waals surface area (Å²) in [7, 11) is 1.62. The summed E-state index contributed by atoms with van der Waals surface area (Å²) in [5.74, 6) is 0.578. The Hall–Kier alpha value is -4.21. The number of nitrogens with one attached hydrogen (secondary N) is 2. The molecule has 0 bridgehead atoms. The number of aromatic amines is 1. The Labute approximate surface area is 253 Å². The molecule has 2 aromatic heterocycles. The van der Waals surface area contributed by atoms with E-state index in [1.807, 2.05) is 91.9 Å². The van der Waals surface area contributed by atoms with Crippen molar-refractivity contribution < 1.29 is 13.9 Å². The van der Waals surface area contributed by atoms with Crippen molar-refractivity contribution in [2.75, 3.05) is 18.3 Å². The molecule has 0 saturated carbocycles. The average molecular weight is 602 g/mol. The first-order valence-electron chi connectivity index (χ1n) is 14.3. The summed E-state index contributed by atoms with van der Waals surface area (Å²) in [6.45, 7) is 3.72. The fourth-order valence-electron chi connectivity index (χ4n) is 6.10. The number of hydrogen-bond donors (Lipinski definition) is 2. The van der Waals surface area contributed by atoms with Crippen LogP contribution < -0.4 is 15.6 Å². The summed E-state index contributed by atoms with van der Waals surface area (Å²) in [5.41, 5.74) is 0.712. The van der Waals surface area contributed by atoms with E-state index in [0.29, 0.717) is 12.2 Å². The number of ether oxygens (including phenoxy) is 2. The second kappa shape index (κ2) is 11.5. The van der Waals surface area contributed by atoms with E-state index >= 15 is 4.39 Å². The Morgan fingerprint density at radius 2 is 1.65 bits per heavy atom. The van der Waals surface area contributed by atoms with Gasteiger partial charge in [-0.15, -0.1) is 11.6 Å². The molecule has 1 saturated heterocycles. The highest BCUT2D eigenvalue weighted by molar-refractivity contribution is 6.18. The zero-order valence-corrected chi connectivity index (χ0v) is 24.9. The molecule has 0 spiro atoms. The average Bonchev–Trinajstić information content (AvgIpc) is 3.59. The van der Waals surface area contributed by atoms with Gasteiger partial charge in [-0.25, -0.2) is 9.37 Å². The summed E-state index contributed by atoms with van der Waals surface area (Å²) in [6.07, 6.45) is -0.456. The van der Waals surface area contributed by atoms with Crippen molar-refractivity contribution in [3.63, 3.8) is 0 Å². The van der Waals surface area contributed by atoms with Crippen LogP contribution in [0.3, 0.4) is 0 Å². The third-order valence-corrected chi connectivity index (χ3v) is 9.16. The van der Waals surface area contributed by atoms with Gasteiger partial charge in [0, 0.05) is 5.92 Å². The van der Waals surface area contributed by atoms with Crippen LogP contribution in [-0.4, -0.2) is 44.3 Å². The predicted octanol–water partition coefficient (Wildman–Crippen LogP) is 6.42. The lowest BCUT2D eigenvalue weighted by Crippen LogP contribution is -2.39. The Bertz CT molecular complexity index is 1720. The lowest BCUT2D eigenvalue weighted by molar-refractivity contribution is -0.0754. The van der Waals surface area contributed by atoms with Crippen LogP contribution >= 0.6 is 11.6 Å². The highest BCUT2D eigenvalue weighted by Crippen LogP contribution is 2.46. The minimum absolute atomic E-state index is 0.0864. The summed E-state index contributed by atoms with van der Waals surface area (Å²) in [4.78, 5) is 25.4. The third kappa shape index (κ3) is 4.77. The first-order valence-corrected chi connectivity index (χ1v) is 14.8. The number of nitrogens with zero attached hydrogens (tertiary/aromatic N) is 3. The Kier molecular flexibility index (Phi) is 7.70. The van der Waals surface area contributed by atoms with Gasteiger partial charge in [-0.05, 0) is 35.2 Å². The molecule has 6 rings (SSSR count). The number of rotatable bonds is 9. The topological polar surface area (TPSA) is 94.1 Å². The van der Waals surface area contributed by atoms with E-state index < -0.39 is 35.0 Å².